The number of para-hydroxylation sites is 1. The fourth-order valence-electron chi connectivity index (χ4n) is 3.29. The van der Waals surface area contributed by atoms with Crippen LogP contribution in [0, 0.1) is 11.8 Å². The number of anilines is 3. The van der Waals surface area contributed by atoms with Crippen LogP contribution < -0.4 is 10.2 Å². The summed E-state index contributed by atoms with van der Waals surface area (Å²) in [4.78, 5) is 22.4. The van der Waals surface area contributed by atoms with E-state index in [9.17, 15) is 9.90 Å². The maximum Gasteiger partial charge on any atom is 0.220 e. The number of hydrogen-bond donors (Lipinski definition) is 2. The largest absolute Gasteiger partial charge is 0.508 e. The molecule has 6 nitrogen and oxygen atoms in total. The van der Waals surface area contributed by atoms with Crippen molar-refractivity contribution in [2.24, 2.45) is 0 Å². The van der Waals surface area contributed by atoms with Gasteiger partial charge in [-0.1, -0.05) is 37.0 Å². The van der Waals surface area contributed by atoms with Gasteiger partial charge in [0.1, 0.15) is 17.9 Å². The Hall–Kier alpha value is -4.37. The molecule has 0 radical (unpaired) electrons. The normalized spacial score (nSPS) is 10.3. The highest BCUT2D eigenvalue weighted by molar-refractivity contribution is 5.95. The van der Waals surface area contributed by atoms with Crippen molar-refractivity contribution < 1.29 is 9.90 Å². The van der Waals surface area contributed by atoms with Crippen molar-refractivity contribution in [1.82, 2.24) is 15.3 Å². The van der Waals surface area contributed by atoms with E-state index in [0.29, 0.717) is 18.8 Å². The van der Waals surface area contributed by atoms with Crippen molar-refractivity contribution in [2.75, 3.05) is 11.4 Å². The topological polar surface area (TPSA) is 78.4 Å². The Kier molecular flexibility index (Phi) is 6.28. The summed E-state index contributed by atoms with van der Waals surface area (Å²) >= 11 is 0. The lowest BCUT2D eigenvalue weighted by Gasteiger charge is -2.25. The number of nitrogens with one attached hydrogen (secondary N) is 1. The van der Waals surface area contributed by atoms with Gasteiger partial charge < -0.3 is 10.4 Å². The highest BCUT2D eigenvalue weighted by Gasteiger charge is 2.17. The highest BCUT2D eigenvalue weighted by atomic mass is 16.3. The molecule has 0 atom stereocenters. The molecule has 2 N–H and O–H groups in total. The quantitative estimate of drug-likeness (QED) is 0.457. The predicted octanol–water partition coefficient (Wildman–Crippen LogP) is 4.68. The van der Waals surface area contributed by atoms with Crippen LogP contribution in [-0.2, 0) is 4.79 Å². The third-order valence-electron chi connectivity index (χ3n) is 4.88. The number of nitrogens with zero attached hydrogens (tertiary/aromatic N) is 3. The average molecular weight is 422 g/mol. The number of carbonyl (C=O) groups excluding carboxylic acids is 1. The smallest absolute Gasteiger partial charge is 0.220 e. The molecule has 0 spiro atoms. The minimum Gasteiger partial charge on any atom is -0.508 e. The summed E-state index contributed by atoms with van der Waals surface area (Å²) in [7, 11) is 0. The summed E-state index contributed by atoms with van der Waals surface area (Å²) in [5.41, 5.74) is 3.38. The van der Waals surface area contributed by atoms with Gasteiger partial charge in [-0.3, -0.25) is 9.69 Å². The van der Waals surface area contributed by atoms with E-state index in [1.165, 1.54) is 0 Å². The molecule has 1 heterocycles. The van der Waals surface area contributed by atoms with Gasteiger partial charge >= 0.3 is 0 Å². The first-order valence-corrected chi connectivity index (χ1v) is 10.3. The molecule has 0 bridgehead atoms. The lowest BCUT2D eigenvalue weighted by atomic mass is 10.1. The Morgan fingerprint density at radius 2 is 1.75 bits per heavy atom. The van der Waals surface area contributed by atoms with Crippen molar-refractivity contribution in [2.45, 2.75) is 13.3 Å². The van der Waals surface area contributed by atoms with Gasteiger partial charge in [0.25, 0.3) is 0 Å². The van der Waals surface area contributed by atoms with Gasteiger partial charge in [0, 0.05) is 28.7 Å². The second kappa shape index (κ2) is 9.63. The first-order chi connectivity index (χ1) is 15.7. The molecule has 6 heteroatoms. The summed E-state index contributed by atoms with van der Waals surface area (Å²) in [6, 6.07) is 22.6. The number of aromatic nitrogens is 2. The van der Waals surface area contributed by atoms with E-state index in [0.717, 1.165) is 27.8 Å². The van der Waals surface area contributed by atoms with Crippen LogP contribution in [0.25, 0.3) is 10.9 Å². The van der Waals surface area contributed by atoms with Gasteiger partial charge in [-0.25, -0.2) is 9.97 Å². The molecule has 0 aliphatic carbocycles. The van der Waals surface area contributed by atoms with E-state index in [1.54, 1.807) is 25.4 Å². The third kappa shape index (κ3) is 4.68. The Morgan fingerprint density at radius 3 is 2.50 bits per heavy atom. The molecule has 3 aromatic carbocycles. The monoisotopic (exact) mass is 422 g/mol. The van der Waals surface area contributed by atoms with Crippen molar-refractivity contribution in [3.05, 3.63) is 84.7 Å². The van der Waals surface area contributed by atoms with E-state index in [-0.39, 0.29) is 11.7 Å². The van der Waals surface area contributed by atoms with E-state index in [1.807, 2.05) is 65.6 Å². The summed E-state index contributed by atoms with van der Waals surface area (Å²) < 4.78 is 0. The molecule has 0 saturated carbocycles. The molecular weight excluding hydrogens is 400 g/mol. The number of carbonyl (C=O) groups is 1. The second-order valence-corrected chi connectivity index (χ2v) is 7.05. The molecule has 0 fully saturated rings. The minimum absolute atomic E-state index is 0.0269. The van der Waals surface area contributed by atoms with Crippen LogP contribution in [0.1, 0.15) is 18.9 Å². The highest BCUT2D eigenvalue weighted by Crippen LogP contribution is 2.37. The molecular formula is C26H22N4O2. The molecule has 1 amide bonds. The molecule has 0 saturated heterocycles. The van der Waals surface area contributed by atoms with Crippen LogP contribution in [0.3, 0.4) is 0 Å². The summed E-state index contributed by atoms with van der Waals surface area (Å²) in [6.07, 6.45) is 1.98. The standard InChI is InChI=1S/C26H22N4O2/c1-2-25(32)27-16-6-7-19-10-15-24-23(17-19)26(29-18-28-24)30(20-8-4-3-5-9-20)21-11-13-22(31)14-12-21/h3-5,8-15,17-18,31H,2,16H2,1H3,(H,27,32). The summed E-state index contributed by atoms with van der Waals surface area (Å²) in [5, 5.41) is 13.3. The number of fused-ring (bicyclic) bond motifs is 1. The Balaban J connectivity index is 1.79. The average Bonchev–Trinajstić information content (AvgIpc) is 2.84. The molecule has 0 aliphatic heterocycles. The zero-order chi connectivity index (χ0) is 22.3. The Morgan fingerprint density at radius 1 is 1.00 bits per heavy atom. The van der Waals surface area contributed by atoms with E-state index in [4.69, 9.17) is 0 Å². The van der Waals surface area contributed by atoms with Gasteiger partial charge in [0.2, 0.25) is 5.91 Å². The van der Waals surface area contributed by atoms with Gasteiger partial charge in [-0.15, -0.1) is 0 Å². The molecule has 0 aliphatic rings. The van der Waals surface area contributed by atoms with Gasteiger partial charge in [-0.2, -0.15) is 0 Å². The molecule has 0 unspecified atom stereocenters. The fraction of sp³-hybridized carbons (Fsp3) is 0.115. The minimum atomic E-state index is -0.0269. The second-order valence-electron chi connectivity index (χ2n) is 7.05. The third-order valence-corrected chi connectivity index (χ3v) is 4.88. The van der Waals surface area contributed by atoms with E-state index in [2.05, 4.69) is 27.1 Å². The number of phenolic OH excluding ortho intramolecular Hbond substituents is 1. The van der Waals surface area contributed by atoms with Crippen LogP contribution >= 0.6 is 0 Å². The summed E-state index contributed by atoms with van der Waals surface area (Å²) in [5.74, 6) is 6.96. The van der Waals surface area contributed by atoms with E-state index < -0.39 is 0 Å². The van der Waals surface area contributed by atoms with Gasteiger partial charge in [0.15, 0.2) is 0 Å². The Labute approximate surface area is 186 Å². The maximum atomic E-state index is 11.4. The molecule has 1 aromatic heterocycles. The van der Waals surface area contributed by atoms with Gasteiger partial charge in [0.05, 0.1) is 12.1 Å². The molecule has 4 aromatic rings. The van der Waals surface area contributed by atoms with Crippen LogP contribution in [0.2, 0.25) is 0 Å². The first-order valence-electron chi connectivity index (χ1n) is 10.3. The number of hydrogen-bond acceptors (Lipinski definition) is 5. The van der Waals surface area contributed by atoms with Crippen molar-refractivity contribution >= 4 is 34.0 Å². The number of amides is 1. The van der Waals surface area contributed by atoms with Crippen LogP contribution in [0.4, 0.5) is 17.2 Å². The van der Waals surface area contributed by atoms with Gasteiger partial charge in [-0.05, 0) is 54.6 Å². The fourth-order valence-corrected chi connectivity index (χ4v) is 3.29. The molecule has 158 valence electrons. The number of aromatic hydroxyl groups is 1. The zero-order valence-electron chi connectivity index (χ0n) is 17.6. The number of benzene rings is 3. The first kappa shape index (κ1) is 20.9. The lowest BCUT2D eigenvalue weighted by molar-refractivity contribution is -0.120. The molecule has 4 rings (SSSR count). The number of phenols is 1. The summed E-state index contributed by atoms with van der Waals surface area (Å²) in [6.45, 7) is 2.10. The van der Waals surface area contributed by atoms with Crippen LogP contribution in [-0.4, -0.2) is 27.5 Å². The lowest BCUT2D eigenvalue weighted by Crippen LogP contribution is -2.22. The SMILES string of the molecule is CCC(=O)NCC#Cc1ccc2ncnc(N(c3ccccc3)c3ccc(O)cc3)c2c1. The van der Waals surface area contributed by atoms with Crippen molar-refractivity contribution in [1.29, 1.82) is 0 Å². The van der Waals surface area contributed by atoms with Crippen LogP contribution in [0.5, 0.6) is 5.75 Å². The predicted molar refractivity (Wildman–Crippen MR) is 126 cm³/mol. The maximum absolute atomic E-state index is 11.4. The van der Waals surface area contributed by atoms with Crippen LogP contribution in [0.15, 0.2) is 79.1 Å². The Bertz CT molecular complexity index is 1290. The number of rotatable bonds is 5. The van der Waals surface area contributed by atoms with Crippen molar-refractivity contribution in [3.63, 3.8) is 0 Å². The zero-order valence-corrected chi connectivity index (χ0v) is 17.6. The van der Waals surface area contributed by atoms with E-state index >= 15 is 0 Å². The van der Waals surface area contributed by atoms with Crippen molar-refractivity contribution in [3.8, 4) is 17.6 Å². The molecule has 32 heavy (non-hydrogen) atoms.